The predicted octanol–water partition coefficient (Wildman–Crippen LogP) is 1.46. The van der Waals surface area contributed by atoms with Crippen molar-refractivity contribution < 1.29 is 8.42 Å². The van der Waals surface area contributed by atoms with E-state index in [-0.39, 0.29) is 16.8 Å². The lowest BCUT2D eigenvalue weighted by atomic mass is 10.1. The highest BCUT2D eigenvalue weighted by Gasteiger charge is 2.20. The van der Waals surface area contributed by atoms with Crippen molar-refractivity contribution in [3.05, 3.63) is 31.1 Å². The number of sulfone groups is 1. The van der Waals surface area contributed by atoms with Crippen molar-refractivity contribution in [1.29, 1.82) is 0 Å². The van der Waals surface area contributed by atoms with Crippen LogP contribution < -0.4 is 0 Å². The molecule has 0 N–H and O–H groups in total. The molecule has 0 saturated heterocycles. The normalized spacial score (nSPS) is 13.4. The fraction of sp³-hybridized carbons (Fsp3) is 0.400. The van der Waals surface area contributed by atoms with Crippen molar-refractivity contribution >= 4 is 9.84 Å². The quantitative estimate of drug-likeness (QED) is 0.563. The van der Waals surface area contributed by atoms with Crippen molar-refractivity contribution in [2.75, 3.05) is 5.75 Å². The molecule has 1 aromatic rings. The Morgan fingerprint density at radius 3 is 2.60 bits per heavy atom. The lowest BCUT2D eigenvalue weighted by Gasteiger charge is -2.07. The van der Waals surface area contributed by atoms with E-state index >= 15 is 0 Å². The lowest BCUT2D eigenvalue weighted by molar-refractivity contribution is 0.565. The van der Waals surface area contributed by atoms with Crippen LogP contribution in [0.4, 0.5) is 0 Å². The number of aromatic nitrogens is 2. The van der Waals surface area contributed by atoms with Gasteiger partial charge < -0.3 is 0 Å². The molecule has 0 unspecified atom stereocenters. The molecule has 0 fully saturated rings. The van der Waals surface area contributed by atoms with Gasteiger partial charge in [0.1, 0.15) is 0 Å². The summed E-state index contributed by atoms with van der Waals surface area (Å²) in [4.78, 5) is 7.48. The van der Waals surface area contributed by atoms with Crippen molar-refractivity contribution in [3.8, 4) is 0 Å². The maximum atomic E-state index is 11.8. The molecule has 15 heavy (non-hydrogen) atoms. The van der Waals surface area contributed by atoms with Gasteiger partial charge in [-0.25, -0.2) is 18.4 Å². The third-order valence-electron chi connectivity index (χ3n) is 1.89. The minimum Gasteiger partial charge on any atom is -0.227 e. The monoisotopic (exact) mass is 226 g/mol. The maximum absolute atomic E-state index is 11.8. The molecule has 0 aromatic carbocycles. The van der Waals surface area contributed by atoms with Crippen LogP contribution in [0.5, 0.6) is 0 Å². The summed E-state index contributed by atoms with van der Waals surface area (Å²) in [7, 11) is -3.35. The summed E-state index contributed by atoms with van der Waals surface area (Å²) in [5, 5.41) is -0.0964. The second kappa shape index (κ2) is 5.02. The van der Waals surface area contributed by atoms with Gasteiger partial charge in [0.05, 0.1) is 5.75 Å². The molecule has 5 heteroatoms. The summed E-state index contributed by atoms with van der Waals surface area (Å²) in [5.74, 6) is 0.0968. The van der Waals surface area contributed by atoms with Gasteiger partial charge in [0.2, 0.25) is 15.0 Å². The Morgan fingerprint density at radius 2 is 2.07 bits per heavy atom. The molecule has 0 amide bonds. The van der Waals surface area contributed by atoms with Crippen LogP contribution in [0.3, 0.4) is 0 Å². The molecule has 1 aromatic heterocycles. The highest BCUT2D eigenvalue weighted by atomic mass is 32.2. The number of hydrogen-bond donors (Lipinski definition) is 0. The van der Waals surface area contributed by atoms with Gasteiger partial charge in [0.15, 0.2) is 0 Å². The average Bonchev–Trinajstić information content (AvgIpc) is 2.18. The van der Waals surface area contributed by atoms with E-state index in [0.29, 0.717) is 6.42 Å². The van der Waals surface area contributed by atoms with Gasteiger partial charge in [0.25, 0.3) is 0 Å². The molecule has 0 radical (unpaired) electrons. The fourth-order valence-corrected chi connectivity index (χ4v) is 2.72. The largest absolute Gasteiger partial charge is 0.247 e. The van der Waals surface area contributed by atoms with Gasteiger partial charge in [-0.15, -0.1) is 6.58 Å². The van der Waals surface area contributed by atoms with E-state index in [1.807, 2.05) is 6.92 Å². The van der Waals surface area contributed by atoms with Crippen LogP contribution in [0, 0.1) is 5.92 Å². The molecule has 0 aliphatic carbocycles. The smallest absolute Gasteiger partial charge is 0.227 e. The molecule has 0 aliphatic heterocycles. The van der Waals surface area contributed by atoms with E-state index in [9.17, 15) is 8.42 Å². The predicted molar refractivity (Wildman–Crippen MR) is 58.1 cm³/mol. The standard InChI is InChI=1S/C10H14N2O2S/c1-3-5-9(2)8-15(13,14)10-11-6-4-7-12-10/h3-4,6-7,9H,1,5,8H2,2H3/t9-/m1/s1. The van der Waals surface area contributed by atoms with Crippen LogP contribution in [0.15, 0.2) is 36.3 Å². The molecular formula is C10H14N2O2S. The summed E-state index contributed by atoms with van der Waals surface area (Å²) < 4.78 is 23.5. The zero-order valence-electron chi connectivity index (χ0n) is 8.63. The number of allylic oxidation sites excluding steroid dienone is 1. The highest BCUT2D eigenvalue weighted by Crippen LogP contribution is 2.11. The first-order valence-electron chi connectivity index (χ1n) is 4.67. The minimum atomic E-state index is -3.35. The molecule has 1 atom stereocenters. The topological polar surface area (TPSA) is 59.9 Å². The van der Waals surface area contributed by atoms with Crippen molar-refractivity contribution in [1.82, 2.24) is 9.97 Å². The zero-order chi connectivity index (χ0) is 11.3. The van der Waals surface area contributed by atoms with Crippen LogP contribution in [-0.2, 0) is 9.84 Å². The minimum absolute atomic E-state index is 0.0382. The number of rotatable bonds is 5. The first-order valence-corrected chi connectivity index (χ1v) is 6.32. The van der Waals surface area contributed by atoms with E-state index < -0.39 is 9.84 Å². The summed E-state index contributed by atoms with van der Waals surface area (Å²) in [6.45, 7) is 5.44. The van der Waals surface area contributed by atoms with Gasteiger partial charge >= 0.3 is 0 Å². The Balaban J connectivity index is 2.81. The zero-order valence-corrected chi connectivity index (χ0v) is 9.44. The second-order valence-electron chi connectivity index (χ2n) is 3.44. The van der Waals surface area contributed by atoms with Crippen LogP contribution in [0.25, 0.3) is 0 Å². The first-order chi connectivity index (χ1) is 7.06. The molecule has 0 bridgehead atoms. The van der Waals surface area contributed by atoms with Gasteiger partial charge in [-0.2, -0.15) is 0 Å². The second-order valence-corrected chi connectivity index (χ2v) is 5.37. The molecule has 4 nitrogen and oxygen atoms in total. The fourth-order valence-electron chi connectivity index (χ4n) is 1.25. The maximum Gasteiger partial charge on any atom is 0.247 e. The van der Waals surface area contributed by atoms with Gasteiger partial charge in [-0.3, -0.25) is 0 Å². The SMILES string of the molecule is C=CC[C@@H](C)CS(=O)(=O)c1ncccn1. The van der Waals surface area contributed by atoms with E-state index in [1.54, 1.807) is 12.1 Å². The number of nitrogens with zero attached hydrogens (tertiary/aromatic N) is 2. The summed E-state index contributed by atoms with van der Waals surface area (Å²) in [6, 6.07) is 1.59. The number of hydrogen-bond acceptors (Lipinski definition) is 4. The summed E-state index contributed by atoms with van der Waals surface area (Å²) >= 11 is 0. The van der Waals surface area contributed by atoms with Gasteiger partial charge in [0, 0.05) is 12.4 Å². The Bertz CT molecular complexity index is 414. The van der Waals surface area contributed by atoms with Crippen LogP contribution in [0.1, 0.15) is 13.3 Å². The molecule has 0 saturated carbocycles. The average molecular weight is 226 g/mol. The van der Waals surface area contributed by atoms with Gasteiger partial charge in [-0.1, -0.05) is 13.0 Å². The summed E-state index contributed by atoms with van der Waals surface area (Å²) in [6.07, 6.45) is 5.24. The van der Waals surface area contributed by atoms with Crippen molar-refractivity contribution in [3.63, 3.8) is 0 Å². The third-order valence-corrected chi connectivity index (χ3v) is 3.67. The van der Waals surface area contributed by atoms with Crippen LogP contribution >= 0.6 is 0 Å². The molecule has 82 valence electrons. The Kier molecular flexibility index (Phi) is 3.96. The van der Waals surface area contributed by atoms with Crippen molar-refractivity contribution in [2.24, 2.45) is 5.92 Å². The Hall–Kier alpha value is -1.23. The Morgan fingerprint density at radius 1 is 1.47 bits per heavy atom. The van der Waals surface area contributed by atoms with Crippen LogP contribution in [-0.4, -0.2) is 24.1 Å². The Labute approximate surface area is 90.0 Å². The highest BCUT2D eigenvalue weighted by molar-refractivity contribution is 7.91. The van der Waals surface area contributed by atoms with E-state index in [2.05, 4.69) is 16.5 Å². The molecule has 1 rings (SSSR count). The molecule has 1 heterocycles. The van der Waals surface area contributed by atoms with E-state index in [0.717, 1.165) is 0 Å². The molecule has 0 spiro atoms. The third kappa shape index (κ3) is 3.43. The van der Waals surface area contributed by atoms with Crippen LogP contribution in [0.2, 0.25) is 0 Å². The first kappa shape index (κ1) is 11.8. The van der Waals surface area contributed by atoms with E-state index in [1.165, 1.54) is 12.4 Å². The summed E-state index contributed by atoms with van der Waals surface area (Å²) in [5.41, 5.74) is 0. The molecule has 0 aliphatic rings. The van der Waals surface area contributed by atoms with Gasteiger partial charge in [-0.05, 0) is 18.4 Å². The van der Waals surface area contributed by atoms with Crippen molar-refractivity contribution in [2.45, 2.75) is 18.5 Å². The lowest BCUT2D eigenvalue weighted by Crippen LogP contribution is -2.16. The molecular weight excluding hydrogens is 212 g/mol. The van der Waals surface area contributed by atoms with E-state index in [4.69, 9.17) is 0 Å².